The average Bonchev–Trinajstić information content (AvgIpc) is 2.48. The van der Waals surface area contributed by atoms with E-state index in [0.717, 1.165) is 16.9 Å². The Morgan fingerprint density at radius 1 is 1.19 bits per heavy atom. The van der Waals surface area contributed by atoms with E-state index in [9.17, 15) is 5.11 Å². The van der Waals surface area contributed by atoms with Gasteiger partial charge in [-0.1, -0.05) is 35.9 Å². The van der Waals surface area contributed by atoms with Crippen molar-refractivity contribution >= 4 is 11.6 Å². The highest BCUT2D eigenvalue weighted by Crippen LogP contribution is 2.22. The van der Waals surface area contributed by atoms with Crippen molar-refractivity contribution in [3.63, 3.8) is 0 Å². The first-order valence-electron chi connectivity index (χ1n) is 7.01. The van der Waals surface area contributed by atoms with Gasteiger partial charge in [-0.05, 0) is 48.7 Å². The fraction of sp³-hybridized carbons (Fsp3) is 0.294. The zero-order valence-corrected chi connectivity index (χ0v) is 12.8. The van der Waals surface area contributed by atoms with Crippen molar-refractivity contribution in [3.05, 3.63) is 64.7 Å². The number of aliphatic hydroxyl groups is 1. The molecule has 2 aromatic rings. The number of benzene rings is 2. The number of hydrogen-bond donors (Lipinski definition) is 2. The number of rotatable bonds is 6. The lowest BCUT2D eigenvalue weighted by atomic mass is 9.97. The molecule has 0 bridgehead atoms. The highest BCUT2D eigenvalue weighted by Gasteiger charge is 2.17. The Morgan fingerprint density at radius 2 is 1.90 bits per heavy atom. The van der Waals surface area contributed by atoms with E-state index in [1.807, 2.05) is 31.2 Å². The van der Waals surface area contributed by atoms with Gasteiger partial charge < -0.3 is 15.6 Å². The predicted octanol–water partition coefficient (Wildman–Crippen LogP) is 3.34. The molecule has 0 fully saturated rings. The van der Waals surface area contributed by atoms with Crippen molar-refractivity contribution in [2.45, 2.75) is 25.5 Å². The van der Waals surface area contributed by atoms with Crippen molar-refractivity contribution in [2.75, 3.05) is 6.61 Å². The number of halogens is 1. The quantitative estimate of drug-likeness (QED) is 0.860. The summed E-state index contributed by atoms with van der Waals surface area (Å²) in [6.45, 7) is 2.58. The molecule has 0 aliphatic rings. The van der Waals surface area contributed by atoms with E-state index in [1.54, 1.807) is 24.3 Å². The summed E-state index contributed by atoms with van der Waals surface area (Å²) in [4.78, 5) is 0. The summed E-state index contributed by atoms with van der Waals surface area (Å²) in [6.07, 6.45) is -0.150. The Balaban J connectivity index is 2.04. The van der Waals surface area contributed by atoms with Crippen LogP contribution < -0.4 is 10.5 Å². The van der Waals surface area contributed by atoms with Crippen LogP contribution in [0.25, 0.3) is 0 Å². The zero-order chi connectivity index (χ0) is 15.2. The SMILES string of the molecule is CCOc1cccc(CC(N)C(O)c2ccc(Cl)cc2)c1. The minimum atomic E-state index is -0.724. The van der Waals surface area contributed by atoms with Gasteiger partial charge in [0.05, 0.1) is 12.7 Å². The highest BCUT2D eigenvalue weighted by molar-refractivity contribution is 6.30. The van der Waals surface area contributed by atoms with Crippen molar-refractivity contribution < 1.29 is 9.84 Å². The van der Waals surface area contributed by atoms with Gasteiger partial charge in [-0.15, -0.1) is 0 Å². The summed E-state index contributed by atoms with van der Waals surface area (Å²) in [7, 11) is 0. The first kappa shape index (κ1) is 15.8. The van der Waals surface area contributed by atoms with E-state index in [0.29, 0.717) is 18.1 Å². The first-order chi connectivity index (χ1) is 10.1. The molecular weight excluding hydrogens is 286 g/mol. The Bertz CT molecular complexity index is 571. The van der Waals surface area contributed by atoms with Crippen LogP contribution in [0.1, 0.15) is 24.2 Å². The van der Waals surface area contributed by atoms with E-state index in [-0.39, 0.29) is 6.04 Å². The summed E-state index contributed by atoms with van der Waals surface area (Å²) in [5.74, 6) is 0.822. The molecule has 0 aliphatic carbocycles. The van der Waals surface area contributed by atoms with Crippen molar-refractivity contribution in [2.24, 2.45) is 5.73 Å². The molecule has 2 atom stereocenters. The van der Waals surface area contributed by atoms with Gasteiger partial charge in [0, 0.05) is 11.1 Å². The van der Waals surface area contributed by atoms with Gasteiger partial charge >= 0.3 is 0 Å². The summed E-state index contributed by atoms with van der Waals surface area (Å²) < 4.78 is 5.47. The lowest BCUT2D eigenvalue weighted by Gasteiger charge is -2.19. The molecule has 0 saturated heterocycles. The van der Waals surface area contributed by atoms with Crippen molar-refractivity contribution in [1.29, 1.82) is 0 Å². The molecule has 0 heterocycles. The maximum Gasteiger partial charge on any atom is 0.119 e. The molecule has 0 aromatic heterocycles. The molecule has 2 unspecified atom stereocenters. The Morgan fingerprint density at radius 3 is 2.57 bits per heavy atom. The second-order valence-corrected chi connectivity index (χ2v) is 5.38. The predicted molar refractivity (Wildman–Crippen MR) is 85.7 cm³/mol. The monoisotopic (exact) mass is 305 g/mol. The normalized spacial score (nSPS) is 13.7. The van der Waals surface area contributed by atoms with Crippen LogP contribution in [0.15, 0.2) is 48.5 Å². The van der Waals surface area contributed by atoms with Crippen LogP contribution in [-0.4, -0.2) is 17.8 Å². The van der Waals surface area contributed by atoms with Gasteiger partial charge in [-0.25, -0.2) is 0 Å². The lowest BCUT2D eigenvalue weighted by molar-refractivity contribution is 0.146. The molecule has 3 N–H and O–H groups in total. The summed E-state index contributed by atoms with van der Waals surface area (Å²) >= 11 is 5.85. The maximum atomic E-state index is 10.3. The van der Waals surface area contributed by atoms with Crippen LogP contribution in [0.4, 0.5) is 0 Å². The van der Waals surface area contributed by atoms with E-state index < -0.39 is 6.10 Å². The molecule has 2 rings (SSSR count). The number of nitrogens with two attached hydrogens (primary N) is 1. The maximum absolute atomic E-state index is 10.3. The summed E-state index contributed by atoms with van der Waals surface area (Å²) in [5.41, 5.74) is 7.93. The van der Waals surface area contributed by atoms with Crippen molar-refractivity contribution in [1.82, 2.24) is 0 Å². The highest BCUT2D eigenvalue weighted by atomic mass is 35.5. The third-order valence-electron chi connectivity index (χ3n) is 3.30. The van der Waals surface area contributed by atoms with Crippen LogP contribution in [0.3, 0.4) is 0 Å². The average molecular weight is 306 g/mol. The summed E-state index contributed by atoms with van der Waals surface area (Å²) in [6, 6.07) is 14.5. The molecule has 0 radical (unpaired) electrons. The molecule has 0 aliphatic heterocycles. The van der Waals surface area contributed by atoms with Gasteiger partial charge in [0.25, 0.3) is 0 Å². The van der Waals surface area contributed by atoms with Crippen LogP contribution >= 0.6 is 11.6 Å². The van der Waals surface area contributed by atoms with Crippen LogP contribution in [-0.2, 0) is 6.42 Å². The second kappa shape index (κ2) is 7.46. The zero-order valence-electron chi connectivity index (χ0n) is 12.0. The largest absolute Gasteiger partial charge is 0.494 e. The minimum Gasteiger partial charge on any atom is -0.494 e. The van der Waals surface area contributed by atoms with E-state index in [2.05, 4.69) is 0 Å². The minimum absolute atomic E-state index is 0.386. The molecule has 0 amide bonds. The van der Waals surface area contributed by atoms with E-state index in [1.165, 1.54) is 0 Å². The second-order valence-electron chi connectivity index (χ2n) is 4.94. The van der Waals surface area contributed by atoms with Gasteiger partial charge in [0.1, 0.15) is 5.75 Å². The number of hydrogen-bond acceptors (Lipinski definition) is 3. The summed E-state index contributed by atoms with van der Waals surface area (Å²) in [5, 5.41) is 11.0. The molecule has 0 saturated carbocycles. The number of aliphatic hydroxyl groups excluding tert-OH is 1. The van der Waals surface area contributed by atoms with Gasteiger partial charge in [-0.3, -0.25) is 0 Å². The standard InChI is InChI=1S/C17H20ClNO2/c1-2-21-15-5-3-4-12(10-15)11-16(19)17(20)13-6-8-14(18)9-7-13/h3-10,16-17,20H,2,11,19H2,1H3. The van der Waals surface area contributed by atoms with Gasteiger partial charge in [-0.2, -0.15) is 0 Å². The van der Waals surface area contributed by atoms with Gasteiger partial charge in [0.15, 0.2) is 0 Å². The smallest absolute Gasteiger partial charge is 0.119 e. The molecule has 0 spiro atoms. The Kier molecular flexibility index (Phi) is 5.62. The van der Waals surface area contributed by atoms with E-state index in [4.69, 9.17) is 22.1 Å². The topological polar surface area (TPSA) is 55.5 Å². The third kappa shape index (κ3) is 4.46. The molecule has 2 aromatic carbocycles. The fourth-order valence-electron chi connectivity index (χ4n) is 2.22. The van der Waals surface area contributed by atoms with E-state index >= 15 is 0 Å². The Labute approximate surface area is 130 Å². The molecular formula is C17H20ClNO2. The van der Waals surface area contributed by atoms with Crippen molar-refractivity contribution in [3.8, 4) is 5.75 Å². The van der Waals surface area contributed by atoms with Crippen LogP contribution in [0, 0.1) is 0 Å². The van der Waals surface area contributed by atoms with Gasteiger partial charge in [0.2, 0.25) is 0 Å². The number of ether oxygens (including phenoxy) is 1. The molecule has 21 heavy (non-hydrogen) atoms. The molecule has 3 nitrogen and oxygen atoms in total. The lowest BCUT2D eigenvalue weighted by Crippen LogP contribution is -2.30. The fourth-order valence-corrected chi connectivity index (χ4v) is 2.35. The molecule has 112 valence electrons. The van der Waals surface area contributed by atoms with Crippen LogP contribution in [0.5, 0.6) is 5.75 Å². The third-order valence-corrected chi connectivity index (χ3v) is 3.55. The van der Waals surface area contributed by atoms with Crippen LogP contribution in [0.2, 0.25) is 5.02 Å². The molecule has 4 heteroatoms. The first-order valence-corrected chi connectivity index (χ1v) is 7.38. The Hall–Kier alpha value is -1.55.